The molecule has 0 atom stereocenters. The summed E-state index contributed by atoms with van der Waals surface area (Å²) in [7, 11) is -3.70. The van der Waals surface area contributed by atoms with Crippen molar-refractivity contribution in [3.8, 4) is 0 Å². The molecule has 0 unspecified atom stereocenters. The largest absolute Gasteiger partial charge is 0.343 e. The molecule has 0 N–H and O–H groups in total. The van der Waals surface area contributed by atoms with E-state index in [2.05, 4.69) is 0 Å². The van der Waals surface area contributed by atoms with Crippen LogP contribution in [0, 0.1) is 12.7 Å². The standard InChI is InChI=1S/C12H15FN2O3S/c1-10-2-3-11(13)8-12(10)19(17,18)15-6-4-14(9-16)5-7-15/h2-3,8-9H,4-7H2,1H3. The Hall–Kier alpha value is -1.47. The zero-order valence-electron chi connectivity index (χ0n) is 10.5. The Morgan fingerprint density at radius 3 is 2.42 bits per heavy atom. The molecule has 1 aromatic carbocycles. The summed E-state index contributed by atoms with van der Waals surface area (Å²) in [6, 6.07) is 3.72. The van der Waals surface area contributed by atoms with Crippen LogP contribution in [0.2, 0.25) is 0 Å². The number of piperazine rings is 1. The number of carbonyl (C=O) groups is 1. The minimum Gasteiger partial charge on any atom is -0.343 e. The Morgan fingerprint density at radius 1 is 1.21 bits per heavy atom. The van der Waals surface area contributed by atoms with Crippen molar-refractivity contribution < 1.29 is 17.6 Å². The summed E-state index contributed by atoms with van der Waals surface area (Å²) in [6.07, 6.45) is 0.706. The molecule has 1 aromatic rings. The van der Waals surface area contributed by atoms with Gasteiger partial charge in [-0.05, 0) is 24.6 Å². The van der Waals surface area contributed by atoms with Gasteiger partial charge in [0.2, 0.25) is 16.4 Å². The molecule has 5 nitrogen and oxygen atoms in total. The fourth-order valence-corrected chi connectivity index (χ4v) is 3.70. The second kappa shape index (κ2) is 5.26. The highest BCUT2D eigenvalue weighted by Gasteiger charge is 2.29. The van der Waals surface area contributed by atoms with Gasteiger partial charge in [-0.3, -0.25) is 4.79 Å². The number of hydrogen-bond donors (Lipinski definition) is 0. The van der Waals surface area contributed by atoms with Gasteiger partial charge in [0.15, 0.2) is 0 Å². The number of hydrogen-bond acceptors (Lipinski definition) is 3. The maximum absolute atomic E-state index is 13.2. The molecule has 1 fully saturated rings. The van der Waals surface area contributed by atoms with Crippen LogP contribution in [-0.4, -0.2) is 50.2 Å². The zero-order chi connectivity index (χ0) is 14.0. The minimum absolute atomic E-state index is 0.00736. The summed E-state index contributed by atoms with van der Waals surface area (Å²) in [6.45, 7) is 2.82. The summed E-state index contributed by atoms with van der Waals surface area (Å²) < 4.78 is 39.3. The van der Waals surface area contributed by atoms with Crippen molar-refractivity contribution >= 4 is 16.4 Å². The summed E-state index contributed by atoms with van der Waals surface area (Å²) in [5.41, 5.74) is 0.513. The van der Waals surface area contributed by atoms with E-state index in [1.807, 2.05) is 0 Å². The van der Waals surface area contributed by atoms with Crippen LogP contribution in [0.25, 0.3) is 0 Å². The molecule has 7 heteroatoms. The van der Waals surface area contributed by atoms with Crippen molar-refractivity contribution in [2.75, 3.05) is 26.2 Å². The lowest BCUT2D eigenvalue weighted by atomic mass is 10.2. The number of carbonyl (C=O) groups excluding carboxylic acids is 1. The van der Waals surface area contributed by atoms with E-state index in [4.69, 9.17) is 0 Å². The lowest BCUT2D eigenvalue weighted by Gasteiger charge is -2.32. The lowest BCUT2D eigenvalue weighted by molar-refractivity contribution is -0.119. The average Bonchev–Trinajstić information content (AvgIpc) is 2.41. The van der Waals surface area contributed by atoms with Gasteiger partial charge in [-0.25, -0.2) is 12.8 Å². The van der Waals surface area contributed by atoms with Gasteiger partial charge in [0.05, 0.1) is 4.90 Å². The summed E-state index contributed by atoms with van der Waals surface area (Å²) in [5, 5.41) is 0. The molecule has 1 heterocycles. The van der Waals surface area contributed by atoms with E-state index in [9.17, 15) is 17.6 Å². The highest BCUT2D eigenvalue weighted by atomic mass is 32.2. The lowest BCUT2D eigenvalue weighted by Crippen LogP contribution is -2.48. The van der Waals surface area contributed by atoms with E-state index in [0.29, 0.717) is 25.1 Å². The van der Waals surface area contributed by atoms with Gasteiger partial charge in [-0.2, -0.15) is 4.31 Å². The van der Waals surface area contributed by atoms with E-state index >= 15 is 0 Å². The van der Waals surface area contributed by atoms with Crippen molar-refractivity contribution in [1.82, 2.24) is 9.21 Å². The molecule has 104 valence electrons. The van der Waals surface area contributed by atoms with Crippen molar-refractivity contribution in [3.63, 3.8) is 0 Å². The molecular formula is C12H15FN2O3S. The molecule has 0 aliphatic carbocycles. The SMILES string of the molecule is Cc1ccc(F)cc1S(=O)(=O)N1CCN(C=O)CC1. The normalized spacial score (nSPS) is 17.5. The van der Waals surface area contributed by atoms with Crippen LogP contribution >= 0.6 is 0 Å². The van der Waals surface area contributed by atoms with Crippen molar-refractivity contribution in [1.29, 1.82) is 0 Å². The molecule has 1 amide bonds. The Labute approximate surface area is 111 Å². The number of benzene rings is 1. The third-order valence-electron chi connectivity index (χ3n) is 3.19. The predicted octanol–water partition coefficient (Wildman–Crippen LogP) is 0.597. The van der Waals surface area contributed by atoms with Gasteiger partial charge >= 0.3 is 0 Å². The van der Waals surface area contributed by atoms with Crippen molar-refractivity contribution in [3.05, 3.63) is 29.6 Å². The highest BCUT2D eigenvalue weighted by molar-refractivity contribution is 7.89. The number of nitrogens with zero attached hydrogens (tertiary/aromatic N) is 2. The van der Waals surface area contributed by atoms with E-state index in [1.165, 1.54) is 21.3 Å². The van der Waals surface area contributed by atoms with E-state index in [0.717, 1.165) is 6.07 Å². The second-order valence-electron chi connectivity index (χ2n) is 4.46. The highest BCUT2D eigenvalue weighted by Crippen LogP contribution is 2.21. The smallest absolute Gasteiger partial charge is 0.243 e. The van der Waals surface area contributed by atoms with Gasteiger partial charge in [0.1, 0.15) is 5.82 Å². The zero-order valence-corrected chi connectivity index (χ0v) is 11.4. The molecular weight excluding hydrogens is 271 g/mol. The Kier molecular flexibility index (Phi) is 3.86. The minimum atomic E-state index is -3.70. The number of halogens is 1. The van der Waals surface area contributed by atoms with E-state index < -0.39 is 15.8 Å². The van der Waals surface area contributed by atoms with Crippen LogP contribution in [0.4, 0.5) is 4.39 Å². The Balaban J connectivity index is 2.28. The third kappa shape index (κ3) is 2.76. The molecule has 1 saturated heterocycles. The first-order valence-electron chi connectivity index (χ1n) is 5.91. The Bertz CT molecular complexity index is 581. The maximum Gasteiger partial charge on any atom is 0.243 e. The first-order chi connectivity index (χ1) is 8.95. The topological polar surface area (TPSA) is 57.7 Å². The number of rotatable bonds is 3. The maximum atomic E-state index is 13.2. The van der Waals surface area contributed by atoms with Gasteiger partial charge in [0.25, 0.3) is 0 Å². The van der Waals surface area contributed by atoms with E-state index in [1.54, 1.807) is 6.92 Å². The number of amides is 1. The van der Waals surface area contributed by atoms with Crippen LogP contribution in [0.3, 0.4) is 0 Å². The molecule has 19 heavy (non-hydrogen) atoms. The number of aryl methyl sites for hydroxylation is 1. The molecule has 0 spiro atoms. The van der Waals surface area contributed by atoms with Crippen LogP contribution in [0.1, 0.15) is 5.56 Å². The first kappa shape index (κ1) is 14.0. The fourth-order valence-electron chi connectivity index (χ4n) is 2.04. The molecule has 1 aliphatic rings. The molecule has 1 aliphatic heterocycles. The Morgan fingerprint density at radius 2 is 1.84 bits per heavy atom. The van der Waals surface area contributed by atoms with Crippen LogP contribution < -0.4 is 0 Å². The molecule has 0 bridgehead atoms. The van der Waals surface area contributed by atoms with Crippen LogP contribution in [-0.2, 0) is 14.8 Å². The summed E-state index contributed by atoms with van der Waals surface area (Å²) >= 11 is 0. The molecule has 2 rings (SSSR count). The molecule has 0 saturated carbocycles. The van der Waals surface area contributed by atoms with Crippen molar-refractivity contribution in [2.45, 2.75) is 11.8 Å². The van der Waals surface area contributed by atoms with Gasteiger partial charge in [-0.1, -0.05) is 6.07 Å². The van der Waals surface area contributed by atoms with E-state index in [-0.39, 0.29) is 18.0 Å². The third-order valence-corrected chi connectivity index (χ3v) is 5.23. The van der Waals surface area contributed by atoms with Gasteiger partial charge < -0.3 is 4.90 Å². The monoisotopic (exact) mass is 286 g/mol. The summed E-state index contributed by atoms with van der Waals surface area (Å²) in [4.78, 5) is 12.1. The molecule has 0 radical (unpaired) electrons. The summed E-state index contributed by atoms with van der Waals surface area (Å²) in [5.74, 6) is -0.573. The number of sulfonamides is 1. The molecule has 0 aromatic heterocycles. The quantitative estimate of drug-likeness (QED) is 0.764. The van der Waals surface area contributed by atoms with Crippen LogP contribution in [0.15, 0.2) is 23.1 Å². The van der Waals surface area contributed by atoms with Crippen LogP contribution in [0.5, 0.6) is 0 Å². The second-order valence-corrected chi connectivity index (χ2v) is 6.36. The van der Waals surface area contributed by atoms with Gasteiger partial charge in [-0.15, -0.1) is 0 Å². The van der Waals surface area contributed by atoms with Crippen molar-refractivity contribution in [2.24, 2.45) is 0 Å². The van der Waals surface area contributed by atoms with Gasteiger partial charge in [0, 0.05) is 26.2 Å². The fraction of sp³-hybridized carbons (Fsp3) is 0.417. The first-order valence-corrected chi connectivity index (χ1v) is 7.35. The average molecular weight is 286 g/mol. The predicted molar refractivity (Wildman–Crippen MR) is 67.5 cm³/mol.